The van der Waals surface area contributed by atoms with E-state index in [1.54, 1.807) is 18.6 Å². The molecule has 0 aromatic carbocycles. The van der Waals surface area contributed by atoms with Crippen molar-refractivity contribution in [3.05, 3.63) is 46.6 Å². The van der Waals surface area contributed by atoms with E-state index in [4.69, 9.17) is 0 Å². The Balaban J connectivity index is 1.45. The molecule has 0 saturated heterocycles. The van der Waals surface area contributed by atoms with Crippen LogP contribution < -0.4 is 5.32 Å². The van der Waals surface area contributed by atoms with Crippen LogP contribution in [0.2, 0.25) is 0 Å². The molecule has 0 atom stereocenters. The van der Waals surface area contributed by atoms with Crippen LogP contribution in [-0.4, -0.2) is 37.2 Å². The number of hydrogen-bond acceptors (Lipinski definition) is 6. The summed E-state index contributed by atoms with van der Waals surface area (Å²) in [7, 11) is 1.93. The summed E-state index contributed by atoms with van der Waals surface area (Å²) in [5.74, 6) is 0.0528. The highest BCUT2D eigenvalue weighted by Gasteiger charge is 2.11. The SMILES string of the molecule is Cc1nn(C)c(C)c1CCC(=O)NCCc1csc(-c2cnccn2)n1. The van der Waals surface area contributed by atoms with E-state index in [1.165, 1.54) is 11.3 Å². The Bertz CT molecular complexity index is 886. The van der Waals surface area contributed by atoms with Gasteiger partial charge in [0.05, 0.1) is 17.6 Å². The summed E-state index contributed by atoms with van der Waals surface area (Å²) in [6.45, 7) is 4.59. The van der Waals surface area contributed by atoms with Crippen LogP contribution in [0.15, 0.2) is 24.0 Å². The minimum absolute atomic E-state index is 0.0528. The molecule has 26 heavy (non-hydrogen) atoms. The van der Waals surface area contributed by atoms with Gasteiger partial charge < -0.3 is 5.32 Å². The number of nitrogens with one attached hydrogen (secondary N) is 1. The zero-order valence-corrected chi connectivity index (χ0v) is 16.0. The van der Waals surface area contributed by atoms with Gasteiger partial charge in [-0.2, -0.15) is 5.10 Å². The van der Waals surface area contributed by atoms with E-state index in [0.29, 0.717) is 25.8 Å². The van der Waals surface area contributed by atoms with Gasteiger partial charge in [-0.3, -0.25) is 19.4 Å². The lowest BCUT2D eigenvalue weighted by Gasteiger charge is -2.05. The number of aromatic nitrogens is 5. The third-order valence-corrected chi connectivity index (χ3v) is 5.21. The number of hydrogen-bond donors (Lipinski definition) is 1. The van der Waals surface area contributed by atoms with Crippen molar-refractivity contribution in [2.24, 2.45) is 7.05 Å². The first-order valence-corrected chi connectivity index (χ1v) is 9.39. The van der Waals surface area contributed by atoms with Crippen LogP contribution in [0.5, 0.6) is 0 Å². The summed E-state index contributed by atoms with van der Waals surface area (Å²) in [6.07, 6.45) is 6.88. The molecule has 0 aliphatic carbocycles. The van der Waals surface area contributed by atoms with Crippen LogP contribution in [-0.2, 0) is 24.7 Å². The fourth-order valence-corrected chi connectivity index (χ4v) is 3.60. The summed E-state index contributed by atoms with van der Waals surface area (Å²) in [5, 5.41) is 10.2. The van der Waals surface area contributed by atoms with E-state index in [1.807, 2.05) is 31.0 Å². The molecule has 0 saturated carbocycles. The Labute approximate surface area is 156 Å². The van der Waals surface area contributed by atoms with E-state index in [-0.39, 0.29) is 5.91 Å². The third kappa shape index (κ3) is 4.32. The van der Waals surface area contributed by atoms with Crippen molar-refractivity contribution in [1.82, 2.24) is 30.0 Å². The molecule has 0 spiro atoms. The van der Waals surface area contributed by atoms with Crippen molar-refractivity contribution in [1.29, 1.82) is 0 Å². The predicted octanol–water partition coefficient (Wildman–Crippen LogP) is 2.24. The lowest BCUT2D eigenvalue weighted by molar-refractivity contribution is -0.121. The summed E-state index contributed by atoms with van der Waals surface area (Å²) < 4.78 is 1.86. The molecule has 1 N–H and O–H groups in total. The van der Waals surface area contributed by atoms with Crippen LogP contribution in [0.1, 0.15) is 29.1 Å². The molecule has 0 aliphatic rings. The molecule has 3 heterocycles. The summed E-state index contributed by atoms with van der Waals surface area (Å²) in [5.41, 5.74) is 5.01. The number of amides is 1. The molecule has 0 unspecified atom stereocenters. The van der Waals surface area contributed by atoms with Gasteiger partial charge >= 0.3 is 0 Å². The molecule has 7 nitrogen and oxygen atoms in total. The van der Waals surface area contributed by atoms with Crippen molar-refractivity contribution in [2.75, 3.05) is 6.54 Å². The Morgan fingerprint density at radius 3 is 2.81 bits per heavy atom. The zero-order valence-electron chi connectivity index (χ0n) is 15.2. The molecule has 0 fully saturated rings. The van der Waals surface area contributed by atoms with Gasteiger partial charge in [0.15, 0.2) is 0 Å². The van der Waals surface area contributed by atoms with Gasteiger partial charge in [-0.15, -0.1) is 11.3 Å². The van der Waals surface area contributed by atoms with Gasteiger partial charge in [-0.05, 0) is 25.8 Å². The lowest BCUT2D eigenvalue weighted by atomic mass is 10.1. The molecule has 1 amide bonds. The fraction of sp³-hybridized carbons (Fsp3) is 0.389. The van der Waals surface area contributed by atoms with Crippen molar-refractivity contribution in [3.8, 4) is 10.7 Å². The van der Waals surface area contributed by atoms with E-state index < -0.39 is 0 Å². The number of nitrogens with zero attached hydrogens (tertiary/aromatic N) is 5. The second kappa shape index (κ2) is 8.18. The predicted molar refractivity (Wildman–Crippen MR) is 101 cm³/mol. The van der Waals surface area contributed by atoms with Crippen LogP contribution in [0.4, 0.5) is 0 Å². The normalized spacial score (nSPS) is 10.9. The maximum absolute atomic E-state index is 12.1. The van der Waals surface area contributed by atoms with Gasteiger partial charge in [0.25, 0.3) is 0 Å². The summed E-state index contributed by atoms with van der Waals surface area (Å²) in [6, 6.07) is 0. The minimum Gasteiger partial charge on any atom is -0.356 e. The van der Waals surface area contributed by atoms with Crippen LogP contribution in [0.3, 0.4) is 0 Å². The Hall–Kier alpha value is -2.61. The van der Waals surface area contributed by atoms with Crippen molar-refractivity contribution in [3.63, 3.8) is 0 Å². The van der Waals surface area contributed by atoms with Crippen LogP contribution >= 0.6 is 11.3 Å². The monoisotopic (exact) mass is 370 g/mol. The first kappa shape index (κ1) is 18.2. The number of thiazole rings is 1. The molecule has 3 rings (SSSR count). The molecule has 136 valence electrons. The molecule has 0 aliphatic heterocycles. The number of rotatable bonds is 7. The van der Waals surface area contributed by atoms with E-state index >= 15 is 0 Å². The lowest BCUT2D eigenvalue weighted by Crippen LogP contribution is -2.26. The highest BCUT2D eigenvalue weighted by molar-refractivity contribution is 7.13. The first-order chi connectivity index (χ1) is 12.5. The highest BCUT2D eigenvalue weighted by Crippen LogP contribution is 2.20. The van der Waals surface area contributed by atoms with Crippen LogP contribution in [0, 0.1) is 13.8 Å². The van der Waals surface area contributed by atoms with Gasteiger partial charge in [0, 0.05) is 49.9 Å². The largest absolute Gasteiger partial charge is 0.356 e. The molecule has 0 radical (unpaired) electrons. The molecule has 8 heteroatoms. The highest BCUT2D eigenvalue weighted by atomic mass is 32.1. The minimum atomic E-state index is 0.0528. The molecule has 3 aromatic heterocycles. The molecular formula is C18H22N6OS. The smallest absolute Gasteiger partial charge is 0.220 e. The third-order valence-electron chi connectivity index (χ3n) is 4.30. The van der Waals surface area contributed by atoms with Crippen molar-refractivity contribution in [2.45, 2.75) is 33.1 Å². The second-order valence-corrected chi connectivity index (χ2v) is 6.97. The van der Waals surface area contributed by atoms with Gasteiger partial charge in [-0.1, -0.05) is 0 Å². The number of aryl methyl sites for hydroxylation is 2. The van der Waals surface area contributed by atoms with E-state index in [9.17, 15) is 4.79 Å². The van der Waals surface area contributed by atoms with Crippen LogP contribution in [0.25, 0.3) is 10.7 Å². The maximum Gasteiger partial charge on any atom is 0.220 e. The van der Waals surface area contributed by atoms with Gasteiger partial charge in [0.1, 0.15) is 10.7 Å². The van der Waals surface area contributed by atoms with Gasteiger partial charge in [0.2, 0.25) is 5.91 Å². The average Bonchev–Trinajstić information content (AvgIpc) is 3.20. The first-order valence-electron chi connectivity index (χ1n) is 8.51. The van der Waals surface area contributed by atoms with Gasteiger partial charge in [-0.25, -0.2) is 4.98 Å². The number of carbonyl (C=O) groups is 1. The standard InChI is InChI=1S/C18H22N6OS/c1-12-15(13(2)24(3)23-12)4-5-17(25)21-7-6-14-11-26-18(22-14)16-10-19-8-9-20-16/h8-11H,4-7H2,1-3H3,(H,21,25). The molecular weight excluding hydrogens is 348 g/mol. The topological polar surface area (TPSA) is 85.6 Å². The Morgan fingerprint density at radius 1 is 1.27 bits per heavy atom. The second-order valence-electron chi connectivity index (χ2n) is 6.11. The van der Waals surface area contributed by atoms with Crippen molar-refractivity contribution < 1.29 is 4.79 Å². The molecule has 0 bridgehead atoms. The fourth-order valence-electron chi connectivity index (χ4n) is 2.79. The maximum atomic E-state index is 12.1. The molecule has 3 aromatic rings. The summed E-state index contributed by atoms with van der Waals surface area (Å²) >= 11 is 1.54. The average molecular weight is 370 g/mol. The van der Waals surface area contributed by atoms with Crippen molar-refractivity contribution >= 4 is 17.2 Å². The summed E-state index contributed by atoms with van der Waals surface area (Å²) in [4.78, 5) is 24.9. The van der Waals surface area contributed by atoms with E-state index in [0.717, 1.165) is 33.3 Å². The quantitative estimate of drug-likeness (QED) is 0.689. The zero-order chi connectivity index (χ0) is 18.5. The Kier molecular flexibility index (Phi) is 5.72. The van der Waals surface area contributed by atoms with E-state index in [2.05, 4.69) is 25.4 Å². The Morgan fingerprint density at radius 2 is 2.12 bits per heavy atom. The number of carbonyl (C=O) groups excluding carboxylic acids is 1.